The molecule has 44 heavy (non-hydrogen) atoms. The van der Waals surface area contributed by atoms with E-state index in [0.29, 0.717) is 11.3 Å². The number of aliphatic carboxylic acids is 1. The fourth-order valence-corrected chi connectivity index (χ4v) is 4.21. The van der Waals surface area contributed by atoms with Gasteiger partial charge in [-0.3, -0.25) is 34.1 Å². The van der Waals surface area contributed by atoms with Crippen molar-refractivity contribution < 1.29 is 39.1 Å². The minimum absolute atomic E-state index is 0.00577. The zero-order valence-electron chi connectivity index (χ0n) is 25.0. The van der Waals surface area contributed by atoms with E-state index >= 15 is 0 Å². The number of nitrogens with zero attached hydrogens (tertiary/aromatic N) is 1. The SMILES string of the molecule is CC(C)C[C@H](NC(=O)[C@H](Cc1ccc(O)cc1)NC(=O)CCC(=O)O)C(=O)N[C@H](C(=O)Nc1ccc([N+](=O)[O-])cc1)C(C)C. The van der Waals surface area contributed by atoms with Crippen LogP contribution >= 0.6 is 0 Å². The highest BCUT2D eigenvalue weighted by atomic mass is 16.6. The van der Waals surface area contributed by atoms with Gasteiger partial charge in [-0.05, 0) is 48.1 Å². The van der Waals surface area contributed by atoms with Crippen LogP contribution in [0, 0.1) is 22.0 Å². The minimum atomic E-state index is -1.18. The van der Waals surface area contributed by atoms with Crippen molar-refractivity contribution in [2.45, 2.75) is 71.5 Å². The molecule has 0 saturated heterocycles. The van der Waals surface area contributed by atoms with Crippen LogP contribution in [0.25, 0.3) is 0 Å². The number of nitro groups is 1. The number of carboxylic acids is 1. The Morgan fingerprint density at radius 1 is 0.795 bits per heavy atom. The Balaban J connectivity index is 2.22. The van der Waals surface area contributed by atoms with Crippen molar-refractivity contribution in [2.75, 3.05) is 5.32 Å². The van der Waals surface area contributed by atoms with Crippen molar-refractivity contribution in [1.82, 2.24) is 16.0 Å². The second-order valence-electron chi connectivity index (χ2n) is 11.1. The third kappa shape index (κ3) is 11.7. The van der Waals surface area contributed by atoms with Gasteiger partial charge >= 0.3 is 5.97 Å². The summed E-state index contributed by atoms with van der Waals surface area (Å²) < 4.78 is 0. The summed E-state index contributed by atoms with van der Waals surface area (Å²) in [5.41, 5.74) is 0.739. The second kappa shape index (κ2) is 16.6. The Bertz CT molecular complexity index is 1330. The van der Waals surface area contributed by atoms with Crippen molar-refractivity contribution >= 4 is 41.0 Å². The maximum atomic E-state index is 13.5. The van der Waals surface area contributed by atoms with Gasteiger partial charge in [0.2, 0.25) is 23.6 Å². The fourth-order valence-electron chi connectivity index (χ4n) is 4.21. The summed E-state index contributed by atoms with van der Waals surface area (Å²) in [5, 5.41) is 40.0. The Kier molecular flexibility index (Phi) is 13.3. The number of nitro benzene ring substituents is 1. The fraction of sp³-hybridized carbons (Fsp3) is 0.433. The number of anilines is 1. The molecule has 3 atom stereocenters. The number of hydrogen-bond acceptors (Lipinski definition) is 8. The third-order valence-corrected chi connectivity index (χ3v) is 6.53. The lowest BCUT2D eigenvalue weighted by molar-refractivity contribution is -0.384. The number of phenolic OH excluding ortho intramolecular Hbond substituents is 1. The van der Waals surface area contributed by atoms with E-state index in [1.807, 2.05) is 13.8 Å². The molecule has 2 aromatic carbocycles. The smallest absolute Gasteiger partial charge is 0.303 e. The largest absolute Gasteiger partial charge is 0.508 e. The van der Waals surface area contributed by atoms with Gasteiger partial charge in [-0.25, -0.2) is 0 Å². The molecule has 0 spiro atoms. The molecule has 0 aliphatic carbocycles. The van der Waals surface area contributed by atoms with Crippen LogP contribution in [0.4, 0.5) is 11.4 Å². The predicted molar refractivity (Wildman–Crippen MR) is 160 cm³/mol. The number of carbonyl (C=O) groups is 5. The lowest BCUT2D eigenvalue weighted by atomic mass is 9.99. The Morgan fingerprint density at radius 3 is 1.91 bits per heavy atom. The van der Waals surface area contributed by atoms with Gasteiger partial charge in [0.15, 0.2) is 0 Å². The first-order valence-corrected chi connectivity index (χ1v) is 14.1. The van der Waals surface area contributed by atoms with Crippen LogP contribution in [0.2, 0.25) is 0 Å². The molecule has 4 amide bonds. The first-order chi connectivity index (χ1) is 20.7. The Morgan fingerprint density at radius 2 is 1.39 bits per heavy atom. The molecule has 0 aromatic heterocycles. The van der Waals surface area contributed by atoms with Crippen LogP contribution < -0.4 is 21.3 Å². The number of carboxylic acid groups (broad SMARTS) is 1. The summed E-state index contributed by atoms with van der Waals surface area (Å²) in [5.74, 6) is -4.16. The number of hydrogen-bond donors (Lipinski definition) is 6. The van der Waals surface area contributed by atoms with E-state index in [1.165, 1.54) is 36.4 Å². The van der Waals surface area contributed by atoms with E-state index in [1.54, 1.807) is 26.0 Å². The van der Waals surface area contributed by atoms with E-state index in [9.17, 15) is 39.2 Å². The van der Waals surface area contributed by atoms with Gasteiger partial charge in [-0.2, -0.15) is 0 Å². The molecular formula is C30H39N5O9. The number of benzene rings is 2. The minimum Gasteiger partial charge on any atom is -0.508 e. The van der Waals surface area contributed by atoms with Crippen molar-refractivity contribution in [3.05, 3.63) is 64.2 Å². The summed E-state index contributed by atoms with van der Waals surface area (Å²) >= 11 is 0. The normalized spacial score (nSPS) is 13.0. The lowest BCUT2D eigenvalue weighted by Crippen LogP contribution is -2.57. The molecule has 238 valence electrons. The highest BCUT2D eigenvalue weighted by Gasteiger charge is 2.31. The van der Waals surface area contributed by atoms with Gasteiger partial charge < -0.3 is 31.5 Å². The van der Waals surface area contributed by atoms with Gasteiger partial charge in [-0.1, -0.05) is 39.8 Å². The van der Waals surface area contributed by atoms with Gasteiger partial charge in [0, 0.05) is 30.7 Å². The summed E-state index contributed by atoms with van der Waals surface area (Å²) in [6.45, 7) is 7.12. The maximum Gasteiger partial charge on any atom is 0.303 e. The maximum absolute atomic E-state index is 13.5. The number of amides is 4. The molecule has 0 aliphatic rings. The Hall–Kier alpha value is -5.01. The van der Waals surface area contributed by atoms with Crippen molar-refractivity contribution in [2.24, 2.45) is 11.8 Å². The number of aromatic hydroxyl groups is 1. The van der Waals surface area contributed by atoms with Crippen molar-refractivity contribution in [3.8, 4) is 5.75 Å². The van der Waals surface area contributed by atoms with Crippen molar-refractivity contribution in [3.63, 3.8) is 0 Å². The monoisotopic (exact) mass is 613 g/mol. The van der Waals surface area contributed by atoms with E-state index in [4.69, 9.17) is 5.11 Å². The van der Waals surface area contributed by atoms with Gasteiger partial charge in [0.05, 0.1) is 11.3 Å². The van der Waals surface area contributed by atoms with Crippen LogP contribution in [0.3, 0.4) is 0 Å². The number of rotatable bonds is 16. The van der Waals surface area contributed by atoms with Gasteiger partial charge in [0.25, 0.3) is 5.69 Å². The lowest BCUT2D eigenvalue weighted by Gasteiger charge is -2.27. The molecular weight excluding hydrogens is 574 g/mol. The molecule has 6 N–H and O–H groups in total. The summed E-state index contributed by atoms with van der Waals surface area (Å²) in [6, 6.07) is 7.90. The van der Waals surface area contributed by atoms with Crippen molar-refractivity contribution in [1.29, 1.82) is 0 Å². The first kappa shape index (κ1) is 35.2. The molecule has 0 saturated carbocycles. The van der Waals surface area contributed by atoms with Crippen LogP contribution in [0.5, 0.6) is 5.75 Å². The van der Waals surface area contributed by atoms with Crippen LogP contribution in [0.1, 0.15) is 52.5 Å². The summed E-state index contributed by atoms with van der Waals surface area (Å²) in [6.07, 6.45) is -0.598. The number of carbonyl (C=O) groups excluding carboxylic acids is 4. The molecule has 14 heteroatoms. The zero-order chi connectivity index (χ0) is 33.0. The predicted octanol–water partition coefficient (Wildman–Crippen LogP) is 2.50. The van der Waals surface area contributed by atoms with E-state index in [2.05, 4.69) is 21.3 Å². The first-order valence-electron chi connectivity index (χ1n) is 14.1. The molecule has 0 radical (unpaired) electrons. The summed E-state index contributed by atoms with van der Waals surface area (Å²) in [7, 11) is 0. The standard InChI is InChI=1S/C30H39N5O9/c1-17(2)15-23(29(41)34-27(18(3)4)30(42)31-20-7-9-21(10-8-20)35(43)44)33-28(40)24(32-25(37)13-14-26(38)39)16-19-5-11-22(36)12-6-19/h5-12,17-18,23-24,27,36H,13-16H2,1-4H3,(H,31,42)(H,32,37)(H,33,40)(H,34,41)(H,38,39)/t23-,24-,27-/m0/s1. The Labute approximate surface area is 254 Å². The molecule has 2 aromatic rings. The second-order valence-corrected chi connectivity index (χ2v) is 11.1. The van der Waals surface area contributed by atoms with Crippen LogP contribution in [-0.4, -0.2) is 62.9 Å². The number of nitrogens with one attached hydrogen (secondary N) is 4. The highest BCUT2D eigenvalue weighted by Crippen LogP contribution is 2.17. The zero-order valence-corrected chi connectivity index (χ0v) is 25.0. The summed E-state index contributed by atoms with van der Waals surface area (Å²) in [4.78, 5) is 73.7. The third-order valence-electron chi connectivity index (χ3n) is 6.53. The number of non-ortho nitro benzene ring substituents is 1. The highest BCUT2D eigenvalue weighted by molar-refractivity contribution is 5.99. The van der Waals surface area contributed by atoms with E-state index < -0.39 is 59.1 Å². The quantitative estimate of drug-likeness (QED) is 0.121. The van der Waals surface area contributed by atoms with Gasteiger partial charge in [0.1, 0.15) is 23.9 Å². The van der Waals surface area contributed by atoms with E-state index in [-0.39, 0.29) is 42.5 Å². The molecule has 0 aliphatic heterocycles. The average molecular weight is 614 g/mol. The van der Waals surface area contributed by atoms with Crippen LogP contribution in [0.15, 0.2) is 48.5 Å². The molecule has 14 nitrogen and oxygen atoms in total. The van der Waals surface area contributed by atoms with Crippen LogP contribution in [-0.2, 0) is 30.4 Å². The van der Waals surface area contributed by atoms with E-state index in [0.717, 1.165) is 0 Å². The molecule has 0 unspecified atom stereocenters. The molecule has 0 bridgehead atoms. The van der Waals surface area contributed by atoms with Gasteiger partial charge in [-0.15, -0.1) is 0 Å². The average Bonchev–Trinajstić information content (AvgIpc) is 2.94. The molecule has 0 fully saturated rings. The molecule has 2 rings (SSSR count). The topological polar surface area (TPSA) is 217 Å². The number of phenols is 1. The molecule has 0 heterocycles.